The minimum atomic E-state index is -0.299. The summed E-state index contributed by atoms with van der Waals surface area (Å²) in [5, 5.41) is 1.85. The quantitative estimate of drug-likeness (QED) is 0.370. The van der Waals surface area contributed by atoms with E-state index in [0.29, 0.717) is 21.9 Å². The van der Waals surface area contributed by atoms with Gasteiger partial charge >= 0.3 is 0 Å². The molecular weight excluding hydrogens is 406 g/mol. The molecule has 0 saturated carbocycles. The van der Waals surface area contributed by atoms with Gasteiger partial charge in [-0.3, -0.25) is 9.59 Å². The fourth-order valence-corrected chi connectivity index (χ4v) is 4.79. The average molecular weight is 426 g/mol. The fourth-order valence-electron chi connectivity index (χ4n) is 3.78. The van der Waals surface area contributed by atoms with Crippen LogP contribution in [0, 0.1) is 6.92 Å². The van der Waals surface area contributed by atoms with E-state index in [1.54, 1.807) is 6.26 Å². The number of anilines is 1. The Morgan fingerprint density at radius 3 is 2.39 bits per heavy atom. The van der Waals surface area contributed by atoms with Crippen molar-refractivity contribution in [2.75, 3.05) is 4.90 Å². The topological polar surface area (TPSA) is 50.5 Å². The number of aryl methyl sites for hydroxylation is 1. The second-order valence-electron chi connectivity index (χ2n) is 7.38. The molecule has 3 aromatic carbocycles. The summed E-state index contributed by atoms with van der Waals surface area (Å²) in [5.41, 5.74) is 2.88. The molecule has 31 heavy (non-hydrogen) atoms. The molecule has 0 aliphatic carbocycles. The van der Waals surface area contributed by atoms with Crippen LogP contribution >= 0.6 is 11.8 Å². The molecule has 0 fully saturated rings. The number of hydrogen-bond acceptors (Lipinski definition) is 4. The highest BCUT2D eigenvalue weighted by molar-refractivity contribution is 8.03. The molecule has 4 aromatic rings. The Kier molecular flexibility index (Phi) is 4.96. The molecule has 2 amide bonds. The van der Waals surface area contributed by atoms with Gasteiger partial charge in [0.1, 0.15) is 5.76 Å². The van der Waals surface area contributed by atoms with Crippen molar-refractivity contribution in [2.45, 2.75) is 12.7 Å². The van der Waals surface area contributed by atoms with E-state index in [9.17, 15) is 9.59 Å². The van der Waals surface area contributed by atoms with Crippen molar-refractivity contribution in [1.82, 2.24) is 0 Å². The predicted molar refractivity (Wildman–Crippen MR) is 125 cm³/mol. The highest BCUT2D eigenvalue weighted by Gasteiger charge is 2.40. The van der Waals surface area contributed by atoms with Crippen LogP contribution in [0.1, 0.15) is 16.9 Å². The van der Waals surface area contributed by atoms with E-state index in [1.165, 1.54) is 16.7 Å². The number of amides is 2. The zero-order valence-corrected chi connectivity index (χ0v) is 17.7. The lowest BCUT2D eigenvalue weighted by Crippen LogP contribution is -2.31. The fraction of sp³-hybridized carbons (Fsp3) is 0.0769. The standard InChI is InChI=1S/C26H19NO3S/c1-17-11-13-19(14-12-17)23-24(31-16-20-8-5-15-30-20)26(29)27(25(23)28)22-10-4-7-18-6-2-3-9-21(18)22/h2-15H,16H2,1H3. The van der Waals surface area contributed by atoms with Gasteiger partial charge in [0.15, 0.2) is 0 Å². The van der Waals surface area contributed by atoms with Crippen molar-refractivity contribution < 1.29 is 14.0 Å². The van der Waals surface area contributed by atoms with Crippen LogP contribution in [0.2, 0.25) is 0 Å². The summed E-state index contributed by atoms with van der Waals surface area (Å²) in [6, 6.07) is 24.8. The Bertz CT molecular complexity index is 1320. The minimum absolute atomic E-state index is 0.298. The first kappa shape index (κ1) is 19.4. The van der Waals surface area contributed by atoms with Gasteiger partial charge in [-0.25, -0.2) is 4.90 Å². The number of rotatable bonds is 5. The smallest absolute Gasteiger partial charge is 0.272 e. The lowest BCUT2D eigenvalue weighted by molar-refractivity contribution is -0.119. The van der Waals surface area contributed by atoms with Crippen LogP contribution in [-0.4, -0.2) is 11.8 Å². The SMILES string of the molecule is Cc1ccc(C2=C(SCc3ccco3)C(=O)N(c3cccc4ccccc34)C2=O)cc1. The van der Waals surface area contributed by atoms with E-state index in [-0.39, 0.29) is 11.8 Å². The molecule has 152 valence electrons. The van der Waals surface area contributed by atoms with Crippen LogP contribution in [0.15, 0.2) is 94.4 Å². The molecule has 5 heteroatoms. The Labute approximate surface area is 184 Å². The van der Waals surface area contributed by atoms with Gasteiger partial charge in [-0.15, -0.1) is 11.8 Å². The van der Waals surface area contributed by atoms with E-state index in [2.05, 4.69) is 0 Å². The molecular formula is C26H19NO3S. The van der Waals surface area contributed by atoms with Gasteiger partial charge in [0.05, 0.1) is 28.2 Å². The largest absolute Gasteiger partial charge is 0.468 e. The summed E-state index contributed by atoms with van der Waals surface area (Å²) in [6.45, 7) is 1.99. The monoisotopic (exact) mass is 425 g/mol. The van der Waals surface area contributed by atoms with E-state index in [0.717, 1.165) is 27.7 Å². The molecule has 1 aliphatic rings. The average Bonchev–Trinajstić information content (AvgIpc) is 3.39. The van der Waals surface area contributed by atoms with Crippen molar-refractivity contribution in [2.24, 2.45) is 0 Å². The number of hydrogen-bond donors (Lipinski definition) is 0. The highest BCUT2D eigenvalue weighted by Crippen LogP contribution is 2.41. The molecule has 5 rings (SSSR count). The third kappa shape index (κ3) is 3.47. The van der Waals surface area contributed by atoms with Crippen LogP contribution in [0.4, 0.5) is 5.69 Å². The van der Waals surface area contributed by atoms with Crippen molar-refractivity contribution >= 4 is 45.6 Å². The van der Waals surface area contributed by atoms with Gasteiger partial charge in [0, 0.05) is 5.39 Å². The lowest BCUT2D eigenvalue weighted by Gasteiger charge is -2.17. The number of thioether (sulfide) groups is 1. The van der Waals surface area contributed by atoms with E-state index >= 15 is 0 Å². The number of furan rings is 1. The van der Waals surface area contributed by atoms with Crippen LogP contribution < -0.4 is 4.90 Å². The summed E-state index contributed by atoms with van der Waals surface area (Å²) in [5.74, 6) is 0.630. The molecule has 1 aromatic heterocycles. The number of carbonyl (C=O) groups excluding carboxylic acids is 2. The molecule has 0 spiro atoms. The maximum Gasteiger partial charge on any atom is 0.272 e. The molecule has 4 nitrogen and oxygen atoms in total. The Hall–Kier alpha value is -3.57. The van der Waals surface area contributed by atoms with Crippen LogP contribution in [0.25, 0.3) is 16.3 Å². The Balaban J connectivity index is 1.61. The molecule has 0 N–H and O–H groups in total. The summed E-state index contributed by atoms with van der Waals surface area (Å²) < 4.78 is 5.43. The first-order chi connectivity index (χ1) is 15.1. The third-order valence-corrected chi connectivity index (χ3v) is 6.42. The number of imide groups is 1. The van der Waals surface area contributed by atoms with Gasteiger partial charge in [-0.1, -0.05) is 66.2 Å². The Morgan fingerprint density at radius 2 is 1.61 bits per heavy atom. The summed E-state index contributed by atoms with van der Waals surface area (Å²) >= 11 is 1.34. The maximum absolute atomic E-state index is 13.6. The van der Waals surface area contributed by atoms with Gasteiger partial charge in [0.2, 0.25) is 0 Å². The van der Waals surface area contributed by atoms with E-state index < -0.39 is 0 Å². The molecule has 2 heterocycles. The molecule has 0 unspecified atom stereocenters. The van der Waals surface area contributed by atoms with Gasteiger partial charge < -0.3 is 4.42 Å². The molecule has 0 bridgehead atoms. The molecule has 0 radical (unpaired) electrons. The van der Waals surface area contributed by atoms with Crippen molar-refractivity contribution in [3.8, 4) is 0 Å². The van der Waals surface area contributed by atoms with Crippen LogP contribution in [0.5, 0.6) is 0 Å². The number of carbonyl (C=O) groups is 2. The number of benzene rings is 3. The van der Waals surface area contributed by atoms with Crippen molar-refractivity contribution in [3.63, 3.8) is 0 Å². The van der Waals surface area contributed by atoms with Crippen molar-refractivity contribution in [1.29, 1.82) is 0 Å². The minimum Gasteiger partial charge on any atom is -0.468 e. The predicted octanol–water partition coefficient (Wildman–Crippen LogP) is 5.96. The maximum atomic E-state index is 13.6. The second kappa shape index (κ2) is 7.93. The Morgan fingerprint density at radius 1 is 0.839 bits per heavy atom. The zero-order valence-electron chi connectivity index (χ0n) is 16.9. The number of nitrogens with zero attached hydrogens (tertiary/aromatic N) is 1. The van der Waals surface area contributed by atoms with Gasteiger partial charge in [-0.2, -0.15) is 0 Å². The van der Waals surface area contributed by atoms with Gasteiger partial charge in [-0.05, 0) is 36.1 Å². The summed E-state index contributed by atoms with van der Waals surface area (Å²) in [7, 11) is 0. The van der Waals surface area contributed by atoms with Crippen LogP contribution in [-0.2, 0) is 15.3 Å². The molecule has 0 atom stereocenters. The number of fused-ring (bicyclic) bond motifs is 1. The molecule has 1 aliphatic heterocycles. The normalized spacial score (nSPS) is 14.2. The third-order valence-electron chi connectivity index (χ3n) is 5.33. The highest BCUT2D eigenvalue weighted by atomic mass is 32.2. The van der Waals surface area contributed by atoms with E-state index in [4.69, 9.17) is 4.42 Å². The molecule has 0 saturated heterocycles. The van der Waals surface area contributed by atoms with E-state index in [1.807, 2.05) is 85.8 Å². The first-order valence-electron chi connectivity index (χ1n) is 9.96. The summed E-state index contributed by atoms with van der Waals surface area (Å²) in [4.78, 5) is 28.9. The zero-order chi connectivity index (χ0) is 21.4. The summed E-state index contributed by atoms with van der Waals surface area (Å²) in [6.07, 6.45) is 1.61. The van der Waals surface area contributed by atoms with Gasteiger partial charge in [0.25, 0.3) is 11.8 Å². The first-order valence-corrected chi connectivity index (χ1v) is 10.9. The second-order valence-corrected chi connectivity index (χ2v) is 8.37. The van der Waals surface area contributed by atoms with Crippen LogP contribution in [0.3, 0.4) is 0 Å². The van der Waals surface area contributed by atoms with Crippen molar-refractivity contribution in [3.05, 3.63) is 107 Å². The lowest BCUT2D eigenvalue weighted by atomic mass is 10.0.